The molecule has 0 amide bonds. The fourth-order valence-electron chi connectivity index (χ4n) is 2.32. The maximum atomic E-state index is 5.08. The van der Waals surface area contributed by atoms with Crippen LogP contribution in [0.4, 0.5) is 0 Å². The topological polar surface area (TPSA) is 21.3 Å². The molecule has 1 rings (SSSR count). The maximum Gasteiger partial charge on any atom is 0.0613 e. The second kappa shape index (κ2) is 7.24. The van der Waals surface area contributed by atoms with E-state index >= 15 is 0 Å². The second-order valence-corrected chi connectivity index (χ2v) is 4.60. The molecule has 0 aromatic carbocycles. The van der Waals surface area contributed by atoms with Crippen LogP contribution in [0.2, 0.25) is 0 Å². The zero-order valence-electron chi connectivity index (χ0n) is 9.72. The molecular formula is C12H25NO. The summed E-state index contributed by atoms with van der Waals surface area (Å²) < 4.78 is 5.08. The minimum Gasteiger partial charge on any atom is -0.383 e. The van der Waals surface area contributed by atoms with Crippen molar-refractivity contribution < 1.29 is 4.74 Å². The van der Waals surface area contributed by atoms with E-state index in [1.807, 2.05) is 0 Å². The molecule has 2 heteroatoms. The molecule has 0 bridgehead atoms. The van der Waals surface area contributed by atoms with Crippen LogP contribution in [0.3, 0.4) is 0 Å². The van der Waals surface area contributed by atoms with Gasteiger partial charge in [0.1, 0.15) is 0 Å². The summed E-state index contributed by atoms with van der Waals surface area (Å²) in [7, 11) is 1.76. The fourth-order valence-corrected chi connectivity index (χ4v) is 2.32. The number of rotatable bonds is 6. The van der Waals surface area contributed by atoms with E-state index in [-0.39, 0.29) is 0 Å². The third-order valence-corrected chi connectivity index (χ3v) is 3.19. The van der Waals surface area contributed by atoms with Gasteiger partial charge in [-0.2, -0.15) is 0 Å². The van der Waals surface area contributed by atoms with E-state index in [1.54, 1.807) is 7.11 Å². The molecule has 1 aliphatic carbocycles. The third-order valence-electron chi connectivity index (χ3n) is 3.19. The highest BCUT2D eigenvalue weighted by molar-refractivity contribution is 4.68. The highest BCUT2D eigenvalue weighted by Crippen LogP contribution is 2.25. The molecule has 1 saturated carbocycles. The van der Waals surface area contributed by atoms with Crippen LogP contribution in [0.1, 0.15) is 45.4 Å². The lowest BCUT2D eigenvalue weighted by Gasteiger charge is -2.22. The number of hydrogen-bond donors (Lipinski definition) is 1. The zero-order chi connectivity index (χ0) is 10.2. The van der Waals surface area contributed by atoms with Gasteiger partial charge in [0.2, 0.25) is 0 Å². The van der Waals surface area contributed by atoms with Crippen molar-refractivity contribution in [2.24, 2.45) is 5.92 Å². The van der Waals surface area contributed by atoms with Crippen LogP contribution < -0.4 is 5.32 Å². The van der Waals surface area contributed by atoms with Crippen molar-refractivity contribution in [3.8, 4) is 0 Å². The molecule has 0 aromatic heterocycles. The normalized spacial score (nSPS) is 21.0. The molecule has 2 nitrogen and oxygen atoms in total. The van der Waals surface area contributed by atoms with Gasteiger partial charge in [0.15, 0.2) is 0 Å². The maximum absolute atomic E-state index is 5.08. The Bertz CT molecular complexity index is 132. The number of methoxy groups -OCH3 is 1. The van der Waals surface area contributed by atoms with Crippen molar-refractivity contribution in [1.82, 2.24) is 5.32 Å². The molecule has 1 N–H and O–H groups in total. The van der Waals surface area contributed by atoms with E-state index in [4.69, 9.17) is 4.74 Å². The van der Waals surface area contributed by atoms with E-state index in [9.17, 15) is 0 Å². The first-order valence-electron chi connectivity index (χ1n) is 6.05. The molecule has 1 aliphatic rings. The van der Waals surface area contributed by atoms with Crippen LogP contribution in [0, 0.1) is 5.92 Å². The molecular weight excluding hydrogens is 174 g/mol. The Morgan fingerprint density at radius 1 is 1.29 bits per heavy atom. The summed E-state index contributed by atoms with van der Waals surface area (Å²) >= 11 is 0. The van der Waals surface area contributed by atoms with Gasteiger partial charge in [-0.3, -0.25) is 0 Å². The third kappa shape index (κ3) is 4.97. The van der Waals surface area contributed by atoms with Gasteiger partial charge in [0, 0.05) is 13.2 Å². The smallest absolute Gasteiger partial charge is 0.0613 e. The largest absolute Gasteiger partial charge is 0.383 e. The molecule has 1 atom stereocenters. The lowest BCUT2D eigenvalue weighted by atomic mass is 9.87. The summed E-state index contributed by atoms with van der Waals surface area (Å²) in [6, 6.07) is 0.503. The van der Waals surface area contributed by atoms with E-state index in [2.05, 4.69) is 12.2 Å². The summed E-state index contributed by atoms with van der Waals surface area (Å²) in [5.74, 6) is 0.992. The Labute approximate surface area is 88.4 Å². The molecule has 0 radical (unpaired) electrons. The minimum absolute atomic E-state index is 0.503. The van der Waals surface area contributed by atoms with Crippen molar-refractivity contribution in [3.63, 3.8) is 0 Å². The first kappa shape index (κ1) is 12.0. The summed E-state index contributed by atoms with van der Waals surface area (Å²) in [5, 5.41) is 3.51. The molecule has 0 aromatic rings. The fraction of sp³-hybridized carbons (Fsp3) is 1.00. The SMILES string of the molecule is COCC(C)NCCC1CCCCC1. The van der Waals surface area contributed by atoms with Crippen molar-refractivity contribution in [3.05, 3.63) is 0 Å². The van der Waals surface area contributed by atoms with Gasteiger partial charge in [-0.1, -0.05) is 32.1 Å². The molecule has 0 heterocycles. The molecule has 0 spiro atoms. The van der Waals surface area contributed by atoms with Gasteiger partial charge < -0.3 is 10.1 Å². The van der Waals surface area contributed by atoms with E-state index < -0.39 is 0 Å². The van der Waals surface area contributed by atoms with Crippen molar-refractivity contribution in [2.45, 2.75) is 51.5 Å². The van der Waals surface area contributed by atoms with Crippen molar-refractivity contribution in [1.29, 1.82) is 0 Å². The molecule has 14 heavy (non-hydrogen) atoms. The lowest BCUT2D eigenvalue weighted by Crippen LogP contribution is -2.32. The second-order valence-electron chi connectivity index (χ2n) is 4.60. The van der Waals surface area contributed by atoms with E-state index in [0.717, 1.165) is 19.1 Å². The number of ether oxygens (including phenoxy) is 1. The molecule has 1 fully saturated rings. The van der Waals surface area contributed by atoms with Crippen LogP contribution in [-0.2, 0) is 4.74 Å². The average Bonchev–Trinajstić information content (AvgIpc) is 2.20. The van der Waals surface area contributed by atoms with Gasteiger partial charge in [0.25, 0.3) is 0 Å². The van der Waals surface area contributed by atoms with Crippen LogP contribution in [-0.4, -0.2) is 26.3 Å². The standard InChI is InChI=1S/C12H25NO/c1-11(10-14-2)13-9-8-12-6-4-3-5-7-12/h11-13H,3-10H2,1-2H3. The Kier molecular flexibility index (Phi) is 6.20. The highest BCUT2D eigenvalue weighted by Gasteiger charge is 2.12. The van der Waals surface area contributed by atoms with E-state index in [0.29, 0.717) is 6.04 Å². The van der Waals surface area contributed by atoms with Gasteiger partial charge in [-0.05, 0) is 25.8 Å². The Morgan fingerprint density at radius 2 is 2.00 bits per heavy atom. The molecule has 84 valence electrons. The molecule has 0 saturated heterocycles. The summed E-state index contributed by atoms with van der Waals surface area (Å²) in [6.07, 6.45) is 8.65. The van der Waals surface area contributed by atoms with E-state index in [1.165, 1.54) is 38.5 Å². The predicted octanol–water partition coefficient (Wildman–Crippen LogP) is 2.58. The molecule has 1 unspecified atom stereocenters. The molecule has 0 aliphatic heterocycles. The van der Waals surface area contributed by atoms with Gasteiger partial charge in [-0.15, -0.1) is 0 Å². The van der Waals surface area contributed by atoms with Gasteiger partial charge in [-0.25, -0.2) is 0 Å². The van der Waals surface area contributed by atoms with Crippen LogP contribution in [0.25, 0.3) is 0 Å². The quantitative estimate of drug-likeness (QED) is 0.710. The van der Waals surface area contributed by atoms with Crippen LogP contribution >= 0.6 is 0 Å². The highest BCUT2D eigenvalue weighted by atomic mass is 16.5. The van der Waals surface area contributed by atoms with Gasteiger partial charge >= 0.3 is 0 Å². The van der Waals surface area contributed by atoms with Gasteiger partial charge in [0.05, 0.1) is 6.61 Å². The first-order valence-corrected chi connectivity index (χ1v) is 6.05. The Balaban J connectivity index is 1.96. The average molecular weight is 199 g/mol. The van der Waals surface area contributed by atoms with Crippen molar-refractivity contribution >= 4 is 0 Å². The van der Waals surface area contributed by atoms with Crippen molar-refractivity contribution in [2.75, 3.05) is 20.3 Å². The Hall–Kier alpha value is -0.0800. The number of hydrogen-bond acceptors (Lipinski definition) is 2. The zero-order valence-corrected chi connectivity index (χ0v) is 9.72. The summed E-state index contributed by atoms with van der Waals surface area (Å²) in [6.45, 7) is 4.17. The lowest BCUT2D eigenvalue weighted by molar-refractivity contribution is 0.170. The monoisotopic (exact) mass is 199 g/mol. The Morgan fingerprint density at radius 3 is 2.64 bits per heavy atom. The predicted molar refractivity (Wildman–Crippen MR) is 60.5 cm³/mol. The summed E-state index contributed by atoms with van der Waals surface area (Å²) in [4.78, 5) is 0. The summed E-state index contributed by atoms with van der Waals surface area (Å²) in [5.41, 5.74) is 0. The first-order chi connectivity index (χ1) is 6.83. The number of nitrogens with one attached hydrogen (secondary N) is 1. The van der Waals surface area contributed by atoms with Crippen LogP contribution in [0.5, 0.6) is 0 Å². The minimum atomic E-state index is 0.503. The van der Waals surface area contributed by atoms with Crippen LogP contribution in [0.15, 0.2) is 0 Å².